The van der Waals surface area contributed by atoms with Crippen molar-refractivity contribution in [1.29, 1.82) is 0 Å². The van der Waals surface area contributed by atoms with E-state index < -0.39 is 22.6 Å². The Morgan fingerprint density at radius 1 is 0.962 bits per heavy atom. The lowest BCUT2D eigenvalue weighted by atomic mass is 10.3. The summed E-state index contributed by atoms with van der Waals surface area (Å²) in [5.41, 5.74) is 4.48. The Labute approximate surface area is 156 Å². The Balaban J connectivity index is 1.68. The summed E-state index contributed by atoms with van der Waals surface area (Å²) >= 11 is 2.19. The largest absolute Gasteiger partial charge is 0.272 e. The van der Waals surface area contributed by atoms with Gasteiger partial charge in [0.2, 0.25) is 11.8 Å². The Morgan fingerprint density at radius 3 is 2.12 bits per heavy atom. The van der Waals surface area contributed by atoms with E-state index in [0.29, 0.717) is 9.79 Å². The van der Waals surface area contributed by atoms with Crippen molar-refractivity contribution in [3.63, 3.8) is 0 Å². The van der Waals surface area contributed by atoms with E-state index in [4.69, 9.17) is 0 Å². The van der Waals surface area contributed by atoms with Crippen LogP contribution < -0.4 is 10.9 Å². The molecule has 7 nitrogen and oxygen atoms in total. The van der Waals surface area contributed by atoms with Crippen LogP contribution in [0.15, 0.2) is 58.3 Å². The number of hydrogen-bond donors (Lipinski definition) is 2. The minimum absolute atomic E-state index is 0.0263. The van der Waals surface area contributed by atoms with Crippen LogP contribution in [-0.2, 0) is 9.59 Å². The fourth-order valence-corrected chi connectivity index (χ4v) is 3.17. The van der Waals surface area contributed by atoms with Gasteiger partial charge in [0.05, 0.1) is 16.4 Å². The maximum atomic E-state index is 13.4. The number of thioether (sulfide) groups is 2. The van der Waals surface area contributed by atoms with Gasteiger partial charge in [-0.3, -0.25) is 30.6 Å². The molecular weight excluding hydrogens is 381 g/mol. The van der Waals surface area contributed by atoms with Crippen LogP contribution in [0.3, 0.4) is 0 Å². The molecule has 2 N–H and O–H groups in total. The average molecular weight is 395 g/mol. The maximum absolute atomic E-state index is 13.4. The van der Waals surface area contributed by atoms with E-state index in [1.807, 2.05) is 0 Å². The molecule has 0 aliphatic heterocycles. The van der Waals surface area contributed by atoms with Crippen molar-refractivity contribution in [3.8, 4) is 0 Å². The molecule has 0 fully saturated rings. The number of nitro benzene ring substituents is 1. The number of halogens is 1. The number of rotatable bonds is 7. The van der Waals surface area contributed by atoms with E-state index in [1.54, 1.807) is 30.3 Å². The van der Waals surface area contributed by atoms with Gasteiger partial charge in [-0.1, -0.05) is 12.1 Å². The average Bonchev–Trinajstić information content (AvgIpc) is 2.64. The first-order valence-corrected chi connectivity index (χ1v) is 9.25. The Bertz CT molecular complexity index is 802. The van der Waals surface area contributed by atoms with Crippen molar-refractivity contribution in [3.05, 3.63) is 64.5 Å². The van der Waals surface area contributed by atoms with Gasteiger partial charge in [-0.05, 0) is 24.3 Å². The zero-order valence-electron chi connectivity index (χ0n) is 13.3. The molecule has 10 heteroatoms. The summed E-state index contributed by atoms with van der Waals surface area (Å²) < 4.78 is 13.4. The SMILES string of the molecule is O=C(CSc1ccc([N+](=O)[O-])cc1)NNC(=O)CSc1ccccc1F. The third-order valence-corrected chi connectivity index (χ3v) is 5.01. The van der Waals surface area contributed by atoms with Crippen LogP contribution >= 0.6 is 23.5 Å². The van der Waals surface area contributed by atoms with E-state index in [2.05, 4.69) is 10.9 Å². The molecule has 0 aromatic heterocycles. The lowest BCUT2D eigenvalue weighted by Crippen LogP contribution is -2.43. The van der Waals surface area contributed by atoms with Crippen molar-refractivity contribution in [2.75, 3.05) is 11.5 Å². The zero-order chi connectivity index (χ0) is 18.9. The summed E-state index contributed by atoms with van der Waals surface area (Å²) in [5, 5.41) is 10.6. The van der Waals surface area contributed by atoms with Gasteiger partial charge in [0, 0.05) is 21.9 Å². The second kappa shape index (κ2) is 9.78. The summed E-state index contributed by atoms with van der Waals surface area (Å²) in [6.45, 7) is 0. The van der Waals surface area contributed by atoms with Gasteiger partial charge in [0.1, 0.15) is 5.82 Å². The fourth-order valence-electron chi connectivity index (χ4n) is 1.73. The molecule has 0 spiro atoms. The summed E-state index contributed by atoms with van der Waals surface area (Å²) in [4.78, 5) is 34.5. The molecule has 0 radical (unpaired) electrons. The molecule has 2 aromatic rings. The molecule has 2 amide bonds. The van der Waals surface area contributed by atoms with Crippen molar-refractivity contribution >= 4 is 41.0 Å². The van der Waals surface area contributed by atoms with E-state index in [-0.39, 0.29) is 17.2 Å². The molecule has 26 heavy (non-hydrogen) atoms. The predicted molar refractivity (Wildman–Crippen MR) is 97.2 cm³/mol. The van der Waals surface area contributed by atoms with E-state index in [0.717, 1.165) is 11.8 Å². The topological polar surface area (TPSA) is 101 Å². The van der Waals surface area contributed by atoms with Gasteiger partial charge in [-0.2, -0.15) is 0 Å². The molecule has 0 saturated carbocycles. The van der Waals surface area contributed by atoms with Gasteiger partial charge in [-0.15, -0.1) is 23.5 Å². The molecule has 2 aromatic carbocycles. The molecule has 0 saturated heterocycles. The maximum Gasteiger partial charge on any atom is 0.269 e. The lowest BCUT2D eigenvalue weighted by Gasteiger charge is -2.07. The lowest BCUT2D eigenvalue weighted by molar-refractivity contribution is -0.384. The number of hydrogen-bond acceptors (Lipinski definition) is 6. The van der Waals surface area contributed by atoms with E-state index in [1.165, 1.54) is 30.0 Å². The molecule has 0 aliphatic rings. The first kappa shape index (κ1) is 19.7. The van der Waals surface area contributed by atoms with Crippen molar-refractivity contribution in [1.82, 2.24) is 10.9 Å². The van der Waals surface area contributed by atoms with E-state index >= 15 is 0 Å². The smallest absolute Gasteiger partial charge is 0.269 e. The minimum Gasteiger partial charge on any atom is -0.272 e. The first-order valence-electron chi connectivity index (χ1n) is 7.28. The van der Waals surface area contributed by atoms with Gasteiger partial charge in [0.25, 0.3) is 5.69 Å². The van der Waals surface area contributed by atoms with Crippen molar-refractivity contribution in [2.45, 2.75) is 9.79 Å². The van der Waals surface area contributed by atoms with Crippen LogP contribution in [0.1, 0.15) is 0 Å². The molecule has 2 rings (SSSR count). The number of hydrazine groups is 1. The summed E-state index contributed by atoms with van der Waals surface area (Å²) in [7, 11) is 0. The number of benzene rings is 2. The molecule has 0 atom stereocenters. The van der Waals surface area contributed by atoms with Gasteiger partial charge >= 0.3 is 0 Å². The number of nitro groups is 1. The first-order chi connectivity index (χ1) is 12.5. The van der Waals surface area contributed by atoms with Crippen molar-refractivity contribution in [2.24, 2.45) is 0 Å². The van der Waals surface area contributed by atoms with Gasteiger partial charge in [-0.25, -0.2) is 4.39 Å². The van der Waals surface area contributed by atoms with Gasteiger partial charge < -0.3 is 0 Å². The fraction of sp³-hybridized carbons (Fsp3) is 0.125. The Kier molecular flexibility index (Phi) is 7.42. The standard InChI is InChI=1S/C16H14FN3O4S2/c17-13-3-1-2-4-14(13)26-10-16(22)19-18-15(21)9-25-12-7-5-11(6-8-12)20(23)24/h1-8H,9-10H2,(H,18,21)(H,19,22). The van der Waals surface area contributed by atoms with Gasteiger partial charge in [0.15, 0.2) is 0 Å². The second-order valence-electron chi connectivity index (χ2n) is 4.86. The number of nitrogens with one attached hydrogen (secondary N) is 2. The summed E-state index contributed by atoms with van der Waals surface area (Å²) in [6.07, 6.45) is 0. The van der Waals surface area contributed by atoms with Crippen LogP contribution in [0, 0.1) is 15.9 Å². The Hall–Kier alpha value is -2.59. The molecule has 0 aliphatic carbocycles. The number of carbonyl (C=O) groups is 2. The van der Waals surface area contributed by atoms with Crippen molar-refractivity contribution < 1.29 is 18.9 Å². The number of nitrogens with zero attached hydrogens (tertiary/aromatic N) is 1. The van der Waals surface area contributed by atoms with Crippen LogP contribution in [0.5, 0.6) is 0 Å². The number of carbonyl (C=O) groups excluding carboxylic acids is 2. The Morgan fingerprint density at radius 2 is 1.54 bits per heavy atom. The predicted octanol–water partition coefficient (Wildman–Crippen LogP) is 2.77. The highest BCUT2D eigenvalue weighted by molar-refractivity contribution is 8.00. The number of non-ortho nitro benzene ring substituents is 1. The second-order valence-corrected chi connectivity index (χ2v) is 6.92. The molecule has 0 heterocycles. The summed E-state index contributed by atoms with van der Waals surface area (Å²) in [5.74, 6) is -1.33. The molecule has 0 bridgehead atoms. The van der Waals surface area contributed by atoms with E-state index in [9.17, 15) is 24.1 Å². The monoisotopic (exact) mass is 395 g/mol. The molecular formula is C16H14FN3O4S2. The quantitative estimate of drug-likeness (QED) is 0.425. The third-order valence-electron chi connectivity index (χ3n) is 2.95. The highest BCUT2D eigenvalue weighted by Gasteiger charge is 2.09. The normalized spacial score (nSPS) is 10.2. The zero-order valence-corrected chi connectivity index (χ0v) is 14.9. The third kappa shape index (κ3) is 6.37. The molecule has 0 unspecified atom stereocenters. The van der Waals surface area contributed by atoms with Crippen LogP contribution in [0.2, 0.25) is 0 Å². The number of amides is 2. The minimum atomic E-state index is -0.504. The van der Waals surface area contributed by atoms with Crippen LogP contribution in [0.4, 0.5) is 10.1 Å². The highest BCUT2D eigenvalue weighted by Crippen LogP contribution is 2.21. The summed E-state index contributed by atoms with van der Waals surface area (Å²) in [6, 6.07) is 11.9. The highest BCUT2D eigenvalue weighted by atomic mass is 32.2. The molecule has 136 valence electrons. The van der Waals surface area contributed by atoms with Crippen LogP contribution in [0.25, 0.3) is 0 Å². The van der Waals surface area contributed by atoms with Crippen LogP contribution in [-0.4, -0.2) is 28.2 Å².